The largest absolute Gasteiger partial charge is 0.467 e. The number of furan rings is 1. The fourth-order valence-electron chi connectivity index (χ4n) is 3.52. The van der Waals surface area contributed by atoms with Crippen LogP contribution in [0.1, 0.15) is 23.3 Å². The maximum Gasteiger partial charge on any atom is 0.416 e. The summed E-state index contributed by atoms with van der Waals surface area (Å²) in [6.45, 7) is 0.734. The van der Waals surface area contributed by atoms with Gasteiger partial charge in [0.2, 0.25) is 5.91 Å². The normalized spacial score (nSPS) is 11.2. The van der Waals surface area contributed by atoms with Crippen LogP contribution in [0.3, 0.4) is 0 Å². The number of anilines is 1. The van der Waals surface area contributed by atoms with Crippen LogP contribution in [0.5, 0.6) is 0 Å². The van der Waals surface area contributed by atoms with Gasteiger partial charge in [0.15, 0.2) is 0 Å². The molecule has 7 nitrogen and oxygen atoms in total. The molecule has 0 unspecified atom stereocenters. The third-order valence-electron chi connectivity index (χ3n) is 5.33. The predicted octanol–water partition coefficient (Wildman–Crippen LogP) is 5.40. The topological polar surface area (TPSA) is 75.0 Å². The van der Waals surface area contributed by atoms with Gasteiger partial charge >= 0.3 is 12.2 Å². The lowest BCUT2D eigenvalue weighted by Gasteiger charge is -2.27. The molecule has 0 spiro atoms. The van der Waals surface area contributed by atoms with Crippen molar-refractivity contribution in [2.24, 2.45) is 0 Å². The monoisotopic (exact) mass is 503 g/mol. The summed E-state index contributed by atoms with van der Waals surface area (Å²) in [5, 5.41) is 2.48. The quantitative estimate of drug-likeness (QED) is 0.356. The first-order chi connectivity index (χ1) is 17.3. The van der Waals surface area contributed by atoms with Crippen molar-refractivity contribution >= 4 is 17.6 Å². The van der Waals surface area contributed by atoms with E-state index in [9.17, 15) is 22.8 Å². The Morgan fingerprint density at radius 2 is 1.75 bits per heavy atom. The second-order valence-corrected chi connectivity index (χ2v) is 8.09. The van der Waals surface area contributed by atoms with Crippen LogP contribution in [0.4, 0.5) is 23.7 Å². The molecule has 0 bridgehead atoms. The van der Waals surface area contributed by atoms with E-state index in [2.05, 4.69) is 5.32 Å². The van der Waals surface area contributed by atoms with Crippen LogP contribution >= 0.6 is 0 Å². The van der Waals surface area contributed by atoms with Crippen LogP contribution in [0.15, 0.2) is 77.4 Å². The minimum atomic E-state index is -4.54. The van der Waals surface area contributed by atoms with E-state index < -0.39 is 17.8 Å². The SMILES string of the molecule is COCCCN(CC(=O)N(Cc1ccccc1)Cc1ccco1)C(=O)Nc1cccc(C(F)(F)F)c1. The number of methoxy groups -OCH3 is 1. The molecule has 1 N–H and O–H groups in total. The van der Waals surface area contributed by atoms with Crippen molar-refractivity contribution in [3.8, 4) is 0 Å². The summed E-state index contributed by atoms with van der Waals surface area (Å²) in [5.41, 5.74) is 0.00212. The molecule has 1 aromatic heterocycles. The molecule has 0 aliphatic heterocycles. The number of alkyl halides is 3. The Bertz CT molecular complexity index is 1110. The maximum atomic E-state index is 13.3. The number of halogens is 3. The fourth-order valence-corrected chi connectivity index (χ4v) is 3.52. The zero-order valence-electron chi connectivity index (χ0n) is 19.8. The lowest BCUT2D eigenvalue weighted by molar-refractivity contribution is -0.137. The first kappa shape index (κ1) is 26.8. The Morgan fingerprint density at radius 3 is 2.42 bits per heavy atom. The van der Waals surface area contributed by atoms with Gasteiger partial charge in [-0.2, -0.15) is 13.2 Å². The molecule has 36 heavy (non-hydrogen) atoms. The van der Waals surface area contributed by atoms with Gasteiger partial charge < -0.3 is 24.3 Å². The maximum absolute atomic E-state index is 13.3. The van der Waals surface area contributed by atoms with E-state index in [1.807, 2.05) is 30.3 Å². The van der Waals surface area contributed by atoms with Crippen LogP contribution in [0.2, 0.25) is 0 Å². The van der Waals surface area contributed by atoms with Gasteiger partial charge in [-0.3, -0.25) is 4.79 Å². The zero-order valence-corrected chi connectivity index (χ0v) is 19.8. The summed E-state index contributed by atoms with van der Waals surface area (Å²) >= 11 is 0. The number of nitrogens with one attached hydrogen (secondary N) is 1. The third kappa shape index (κ3) is 8.16. The van der Waals surface area contributed by atoms with Gasteiger partial charge in [0.1, 0.15) is 12.3 Å². The van der Waals surface area contributed by atoms with Crippen LogP contribution < -0.4 is 5.32 Å². The molecule has 3 aromatic rings. The number of carbonyl (C=O) groups is 2. The highest BCUT2D eigenvalue weighted by Crippen LogP contribution is 2.30. The summed E-state index contributed by atoms with van der Waals surface area (Å²) in [6.07, 6.45) is -2.59. The van der Waals surface area contributed by atoms with E-state index in [0.717, 1.165) is 17.7 Å². The molecule has 0 aliphatic carbocycles. The summed E-state index contributed by atoms with van der Waals surface area (Å²) in [6, 6.07) is 16.5. The predicted molar refractivity (Wildman–Crippen MR) is 128 cm³/mol. The molecule has 3 rings (SSSR count). The molecule has 10 heteroatoms. The van der Waals surface area contributed by atoms with Crippen LogP contribution in [0.25, 0.3) is 0 Å². The van der Waals surface area contributed by atoms with Gasteiger partial charge in [-0.05, 0) is 42.3 Å². The van der Waals surface area contributed by atoms with E-state index >= 15 is 0 Å². The number of carbonyl (C=O) groups excluding carboxylic acids is 2. The van der Waals surface area contributed by atoms with Gasteiger partial charge in [0.05, 0.1) is 18.4 Å². The fraction of sp³-hybridized carbons (Fsp3) is 0.308. The summed E-state index contributed by atoms with van der Waals surface area (Å²) < 4.78 is 49.7. The molecule has 0 aliphatic rings. The lowest BCUT2D eigenvalue weighted by atomic mass is 10.2. The number of nitrogens with zero attached hydrogens (tertiary/aromatic N) is 2. The Labute approximate surface area is 207 Å². The lowest BCUT2D eigenvalue weighted by Crippen LogP contribution is -2.44. The number of hydrogen-bond donors (Lipinski definition) is 1. The molecule has 192 valence electrons. The summed E-state index contributed by atoms with van der Waals surface area (Å²) in [4.78, 5) is 29.2. The van der Waals surface area contributed by atoms with Gasteiger partial charge in [-0.1, -0.05) is 36.4 Å². The van der Waals surface area contributed by atoms with Gasteiger partial charge in [0, 0.05) is 32.5 Å². The minimum absolute atomic E-state index is 0.0178. The highest BCUT2D eigenvalue weighted by molar-refractivity contribution is 5.92. The van der Waals surface area contributed by atoms with Gasteiger partial charge in [-0.25, -0.2) is 4.79 Å². The van der Waals surface area contributed by atoms with Gasteiger partial charge in [0.25, 0.3) is 0 Å². The Hall–Kier alpha value is -3.79. The molecule has 0 saturated heterocycles. The highest BCUT2D eigenvalue weighted by atomic mass is 19.4. The molecular formula is C26H28F3N3O4. The molecule has 0 fully saturated rings. The molecule has 0 saturated carbocycles. The number of ether oxygens (including phenoxy) is 1. The number of urea groups is 1. The average molecular weight is 504 g/mol. The van der Waals surface area contributed by atoms with E-state index in [4.69, 9.17) is 9.15 Å². The Morgan fingerprint density at radius 1 is 0.972 bits per heavy atom. The smallest absolute Gasteiger partial charge is 0.416 e. The standard InChI is InChI=1S/C26H28F3N3O4/c1-35-14-7-13-31(25(34)30-22-11-5-10-21(16-22)26(27,28)29)19-24(33)32(18-23-12-6-15-36-23)17-20-8-3-2-4-9-20/h2-6,8-12,15-16H,7,13-14,17-19H2,1H3,(H,30,34). The Balaban J connectivity index is 1.76. The Kier molecular flexibility index (Phi) is 9.52. The molecule has 0 atom stereocenters. The number of amides is 3. The van der Waals surface area contributed by atoms with Crippen molar-refractivity contribution in [2.75, 3.05) is 32.1 Å². The second kappa shape index (κ2) is 12.8. The molecular weight excluding hydrogens is 475 g/mol. The third-order valence-corrected chi connectivity index (χ3v) is 5.33. The summed E-state index contributed by atoms with van der Waals surface area (Å²) in [5.74, 6) is 0.241. The molecule has 3 amide bonds. The van der Waals surface area contributed by atoms with Crippen molar-refractivity contribution in [3.63, 3.8) is 0 Å². The summed E-state index contributed by atoms with van der Waals surface area (Å²) in [7, 11) is 1.52. The van der Waals surface area contributed by atoms with Crippen molar-refractivity contribution in [3.05, 3.63) is 89.9 Å². The highest BCUT2D eigenvalue weighted by Gasteiger charge is 2.31. The van der Waals surface area contributed by atoms with E-state index in [1.54, 1.807) is 17.0 Å². The van der Waals surface area contributed by atoms with Crippen molar-refractivity contribution in [1.82, 2.24) is 9.80 Å². The minimum Gasteiger partial charge on any atom is -0.467 e. The first-order valence-corrected chi connectivity index (χ1v) is 11.3. The second-order valence-electron chi connectivity index (χ2n) is 8.09. The van der Waals surface area contributed by atoms with Crippen molar-refractivity contribution in [2.45, 2.75) is 25.7 Å². The number of benzene rings is 2. The first-order valence-electron chi connectivity index (χ1n) is 11.3. The number of hydrogen-bond acceptors (Lipinski definition) is 4. The average Bonchev–Trinajstić information content (AvgIpc) is 3.36. The van der Waals surface area contributed by atoms with Crippen LogP contribution in [0, 0.1) is 0 Å². The van der Waals surface area contributed by atoms with E-state index in [1.165, 1.54) is 30.4 Å². The van der Waals surface area contributed by atoms with E-state index in [-0.39, 0.29) is 31.2 Å². The zero-order chi connectivity index (χ0) is 26.0. The molecule has 1 heterocycles. The van der Waals surface area contributed by atoms with Crippen LogP contribution in [-0.2, 0) is 28.8 Å². The molecule has 0 radical (unpaired) electrons. The van der Waals surface area contributed by atoms with Crippen molar-refractivity contribution in [1.29, 1.82) is 0 Å². The van der Waals surface area contributed by atoms with E-state index in [0.29, 0.717) is 25.3 Å². The molecule has 2 aromatic carbocycles. The van der Waals surface area contributed by atoms with Crippen LogP contribution in [-0.4, -0.2) is 48.5 Å². The van der Waals surface area contributed by atoms with Gasteiger partial charge in [-0.15, -0.1) is 0 Å². The van der Waals surface area contributed by atoms with Crippen molar-refractivity contribution < 1.29 is 31.9 Å². The number of rotatable bonds is 11.